The van der Waals surface area contributed by atoms with E-state index in [0.717, 1.165) is 17.9 Å². The van der Waals surface area contributed by atoms with E-state index in [2.05, 4.69) is 4.98 Å². The first-order valence-corrected chi connectivity index (χ1v) is 5.98. The number of pyridine rings is 1. The van der Waals surface area contributed by atoms with Gasteiger partial charge >= 0.3 is 0 Å². The van der Waals surface area contributed by atoms with Crippen molar-refractivity contribution in [1.82, 2.24) is 4.98 Å². The summed E-state index contributed by atoms with van der Waals surface area (Å²) in [5.41, 5.74) is 6.78. The van der Waals surface area contributed by atoms with Gasteiger partial charge in [0.15, 0.2) is 0 Å². The van der Waals surface area contributed by atoms with Gasteiger partial charge in [-0.05, 0) is 12.3 Å². The van der Waals surface area contributed by atoms with Crippen LogP contribution in [0.3, 0.4) is 0 Å². The van der Waals surface area contributed by atoms with Crippen LogP contribution in [0.15, 0.2) is 6.20 Å². The molecule has 1 heterocycles. The van der Waals surface area contributed by atoms with Gasteiger partial charge in [0.25, 0.3) is 0 Å². The van der Waals surface area contributed by atoms with Crippen LogP contribution in [-0.4, -0.2) is 4.98 Å². The standard InChI is InChI=1S/C10H11Cl3N2.ClH/c11-6-4-15-10(13)9(12)8(6)7(14)3-5-1-2-5;/h4-5,7H,1-3,14H2;1H/t7-;/m0./s1. The second kappa shape index (κ2) is 5.74. The lowest BCUT2D eigenvalue weighted by atomic mass is 10.0. The second-order valence-corrected chi connectivity index (χ2v) is 5.05. The first-order valence-electron chi connectivity index (χ1n) is 4.84. The number of aromatic nitrogens is 1. The molecule has 1 aliphatic rings. The summed E-state index contributed by atoms with van der Waals surface area (Å²) >= 11 is 17.9. The van der Waals surface area contributed by atoms with Gasteiger partial charge < -0.3 is 5.73 Å². The van der Waals surface area contributed by atoms with E-state index < -0.39 is 0 Å². The molecule has 1 saturated carbocycles. The first kappa shape index (κ1) is 14.3. The van der Waals surface area contributed by atoms with Crippen LogP contribution in [0, 0.1) is 5.92 Å². The van der Waals surface area contributed by atoms with Crippen LogP contribution < -0.4 is 5.73 Å². The van der Waals surface area contributed by atoms with Gasteiger partial charge in [0, 0.05) is 17.8 Å². The van der Waals surface area contributed by atoms with E-state index in [1.54, 1.807) is 0 Å². The van der Waals surface area contributed by atoms with Gasteiger partial charge in [0.1, 0.15) is 5.15 Å². The maximum absolute atomic E-state index is 6.05. The molecule has 2 rings (SSSR count). The second-order valence-electron chi connectivity index (χ2n) is 3.91. The van der Waals surface area contributed by atoms with Crippen LogP contribution >= 0.6 is 47.2 Å². The summed E-state index contributed by atoms with van der Waals surface area (Å²) in [6.45, 7) is 0. The molecule has 0 amide bonds. The molecule has 0 unspecified atom stereocenters. The molecule has 1 aromatic rings. The van der Waals surface area contributed by atoms with E-state index >= 15 is 0 Å². The van der Waals surface area contributed by atoms with Crippen LogP contribution in [0.4, 0.5) is 0 Å². The van der Waals surface area contributed by atoms with Gasteiger partial charge in [-0.15, -0.1) is 12.4 Å². The number of nitrogens with two attached hydrogens (primary N) is 1. The van der Waals surface area contributed by atoms with Gasteiger partial charge in [0.2, 0.25) is 0 Å². The number of hydrogen-bond acceptors (Lipinski definition) is 2. The number of nitrogens with zero attached hydrogens (tertiary/aromatic N) is 1. The maximum atomic E-state index is 6.05. The zero-order valence-electron chi connectivity index (χ0n) is 8.42. The highest BCUT2D eigenvalue weighted by molar-refractivity contribution is 6.43. The number of hydrogen-bond donors (Lipinski definition) is 1. The van der Waals surface area contributed by atoms with Gasteiger partial charge in [-0.2, -0.15) is 0 Å². The molecular formula is C10H12Cl4N2. The Bertz CT molecular complexity index is 379. The molecule has 6 heteroatoms. The molecule has 1 aliphatic carbocycles. The van der Waals surface area contributed by atoms with Crippen molar-refractivity contribution in [3.8, 4) is 0 Å². The zero-order valence-corrected chi connectivity index (χ0v) is 11.5. The van der Waals surface area contributed by atoms with Gasteiger partial charge in [-0.3, -0.25) is 0 Å². The minimum atomic E-state index is -0.141. The maximum Gasteiger partial charge on any atom is 0.148 e. The Morgan fingerprint density at radius 3 is 2.56 bits per heavy atom. The monoisotopic (exact) mass is 300 g/mol. The molecule has 0 saturated heterocycles. The third-order valence-corrected chi connectivity index (χ3v) is 3.69. The van der Waals surface area contributed by atoms with Crippen molar-refractivity contribution < 1.29 is 0 Å². The highest BCUT2D eigenvalue weighted by Crippen LogP contribution is 2.41. The molecule has 2 N–H and O–H groups in total. The predicted octanol–water partition coefficient (Wildman–Crippen LogP) is 4.26. The Hall–Kier alpha value is 0.270. The molecule has 16 heavy (non-hydrogen) atoms. The van der Waals surface area contributed by atoms with Crippen LogP contribution in [0.1, 0.15) is 30.9 Å². The highest BCUT2D eigenvalue weighted by atomic mass is 35.5. The van der Waals surface area contributed by atoms with Crippen LogP contribution in [0.5, 0.6) is 0 Å². The molecule has 0 radical (unpaired) electrons. The highest BCUT2D eigenvalue weighted by Gasteiger charge is 2.27. The fourth-order valence-electron chi connectivity index (χ4n) is 1.63. The quantitative estimate of drug-likeness (QED) is 0.847. The van der Waals surface area contributed by atoms with E-state index in [1.165, 1.54) is 19.0 Å². The van der Waals surface area contributed by atoms with Gasteiger partial charge in [-0.25, -0.2) is 4.98 Å². The normalized spacial score (nSPS) is 16.8. The molecule has 2 nitrogen and oxygen atoms in total. The molecule has 0 spiro atoms. The van der Waals surface area contributed by atoms with E-state index in [1.807, 2.05) is 0 Å². The van der Waals surface area contributed by atoms with Crippen molar-refractivity contribution in [3.05, 3.63) is 27.0 Å². The van der Waals surface area contributed by atoms with E-state index in [-0.39, 0.29) is 23.6 Å². The zero-order chi connectivity index (χ0) is 11.0. The Labute approximate surface area is 116 Å². The smallest absolute Gasteiger partial charge is 0.148 e. The average Bonchev–Trinajstić information content (AvgIpc) is 2.96. The van der Waals surface area contributed by atoms with Crippen LogP contribution in [0.25, 0.3) is 0 Å². The predicted molar refractivity (Wildman–Crippen MR) is 70.8 cm³/mol. The summed E-state index contributed by atoms with van der Waals surface area (Å²) in [5.74, 6) is 0.721. The Morgan fingerprint density at radius 1 is 1.38 bits per heavy atom. The minimum absolute atomic E-state index is 0. The molecule has 1 fully saturated rings. The van der Waals surface area contributed by atoms with Gasteiger partial charge in [0.05, 0.1) is 10.0 Å². The van der Waals surface area contributed by atoms with Crippen molar-refractivity contribution in [3.63, 3.8) is 0 Å². The molecule has 0 aliphatic heterocycles. The number of rotatable bonds is 3. The lowest BCUT2D eigenvalue weighted by molar-refractivity contribution is 0.597. The summed E-state index contributed by atoms with van der Waals surface area (Å²) < 4.78 is 0. The summed E-state index contributed by atoms with van der Waals surface area (Å²) in [4.78, 5) is 3.86. The molecule has 1 aromatic heterocycles. The minimum Gasteiger partial charge on any atom is -0.324 e. The summed E-state index contributed by atoms with van der Waals surface area (Å²) in [7, 11) is 0. The van der Waals surface area contributed by atoms with Crippen LogP contribution in [0.2, 0.25) is 15.2 Å². The average molecular weight is 302 g/mol. The third-order valence-electron chi connectivity index (χ3n) is 2.62. The summed E-state index contributed by atoms with van der Waals surface area (Å²) in [5, 5.41) is 1.15. The lowest BCUT2D eigenvalue weighted by Crippen LogP contribution is -2.12. The molecule has 1 atom stereocenters. The van der Waals surface area contributed by atoms with Crippen LogP contribution in [-0.2, 0) is 0 Å². The van der Waals surface area contributed by atoms with Crippen molar-refractivity contribution in [2.45, 2.75) is 25.3 Å². The third kappa shape index (κ3) is 3.14. The SMILES string of the molecule is Cl.N[C@@H](CC1CC1)c1c(Cl)cnc(Cl)c1Cl. The van der Waals surface area contributed by atoms with E-state index in [0.29, 0.717) is 10.0 Å². The number of halogens is 4. The Balaban J connectivity index is 0.00000128. The Morgan fingerprint density at radius 2 is 2.00 bits per heavy atom. The van der Waals surface area contributed by atoms with Gasteiger partial charge in [-0.1, -0.05) is 47.6 Å². The topological polar surface area (TPSA) is 38.9 Å². The molecule has 0 aromatic carbocycles. The largest absolute Gasteiger partial charge is 0.324 e. The van der Waals surface area contributed by atoms with E-state index in [9.17, 15) is 0 Å². The van der Waals surface area contributed by atoms with Crippen molar-refractivity contribution in [1.29, 1.82) is 0 Å². The summed E-state index contributed by atoms with van der Waals surface area (Å²) in [6, 6.07) is -0.141. The first-order chi connectivity index (χ1) is 7.09. The van der Waals surface area contributed by atoms with Crippen molar-refractivity contribution >= 4 is 47.2 Å². The van der Waals surface area contributed by atoms with Crippen molar-refractivity contribution in [2.24, 2.45) is 11.7 Å². The fourth-order valence-corrected chi connectivity index (χ4v) is 2.40. The lowest BCUT2D eigenvalue weighted by Gasteiger charge is -2.15. The molecule has 0 bridgehead atoms. The van der Waals surface area contributed by atoms with Crippen molar-refractivity contribution in [2.75, 3.05) is 0 Å². The molecular weight excluding hydrogens is 290 g/mol. The summed E-state index contributed by atoms with van der Waals surface area (Å²) in [6.07, 6.45) is 4.92. The fraction of sp³-hybridized carbons (Fsp3) is 0.500. The van der Waals surface area contributed by atoms with E-state index in [4.69, 9.17) is 40.5 Å². The Kier molecular flexibility index (Phi) is 5.14. The molecule has 90 valence electrons.